The summed E-state index contributed by atoms with van der Waals surface area (Å²) in [6.07, 6.45) is 4.92. The lowest BCUT2D eigenvalue weighted by molar-refractivity contribution is -0.383. The summed E-state index contributed by atoms with van der Waals surface area (Å²) in [5.74, 6) is 0. The van der Waals surface area contributed by atoms with Crippen molar-refractivity contribution in [2.24, 2.45) is 0 Å². The van der Waals surface area contributed by atoms with Gasteiger partial charge >= 0.3 is 5.69 Å². The Morgan fingerprint density at radius 1 is 1.45 bits per heavy atom. The molecular weight excluding hydrogens is 328 g/mol. The van der Waals surface area contributed by atoms with E-state index < -0.39 is 14.8 Å². The van der Waals surface area contributed by atoms with Crippen LogP contribution in [0.15, 0.2) is 10.3 Å². The normalized spacial score (nSPS) is 22.5. The number of nitrogens with one attached hydrogen (secondary N) is 1. The van der Waals surface area contributed by atoms with Gasteiger partial charge in [0.25, 0.3) is 0 Å². The second kappa shape index (κ2) is 6.93. The molecule has 0 bridgehead atoms. The van der Waals surface area contributed by atoms with Gasteiger partial charge in [-0.15, -0.1) is 0 Å². The van der Waals surface area contributed by atoms with Crippen LogP contribution in [0.5, 0.6) is 0 Å². The first kappa shape index (κ1) is 17.2. The van der Waals surface area contributed by atoms with Gasteiger partial charge in [0.1, 0.15) is 4.21 Å². The molecule has 1 saturated carbocycles. The Bertz CT molecular complexity index is 639. The van der Waals surface area contributed by atoms with Gasteiger partial charge in [-0.1, -0.05) is 24.2 Å². The van der Waals surface area contributed by atoms with Crippen molar-refractivity contribution in [3.63, 3.8) is 0 Å². The van der Waals surface area contributed by atoms with E-state index in [-0.39, 0.29) is 22.0 Å². The Kier molecular flexibility index (Phi) is 5.41. The van der Waals surface area contributed by atoms with Crippen LogP contribution >= 0.6 is 11.3 Å². The summed E-state index contributed by atoms with van der Waals surface area (Å²) in [4.78, 5) is 10.6. The molecule has 0 aliphatic heterocycles. The number of hydrogen-bond donors (Lipinski definition) is 1. The van der Waals surface area contributed by atoms with Crippen molar-refractivity contribution in [3.05, 3.63) is 16.2 Å². The zero-order valence-electron chi connectivity index (χ0n) is 12.6. The van der Waals surface area contributed by atoms with Crippen molar-refractivity contribution in [3.8, 4) is 0 Å². The molecule has 0 amide bonds. The molecule has 2 rings (SSSR count). The fraction of sp³-hybridized carbons (Fsp3) is 0.692. The monoisotopic (exact) mass is 348 g/mol. The first-order valence-electron chi connectivity index (χ1n) is 7.19. The molecule has 22 heavy (non-hydrogen) atoms. The van der Waals surface area contributed by atoms with E-state index in [0.717, 1.165) is 49.3 Å². The fourth-order valence-corrected chi connectivity index (χ4v) is 4.63. The molecule has 9 heteroatoms. The summed E-state index contributed by atoms with van der Waals surface area (Å²) in [6.45, 7) is 2.50. The lowest BCUT2D eigenvalue weighted by Crippen LogP contribution is -2.38. The maximum Gasteiger partial charge on any atom is 0.304 e. The molecule has 1 aliphatic carbocycles. The second-order valence-electron chi connectivity index (χ2n) is 5.34. The Morgan fingerprint density at radius 2 is 2.14 bits per heavy atom. The molecule has 1 aromatic rings. The van der Waals surface area contributed by atoms with Gasteiger partial charge in [0.05, 0.1) is 17.1 Å². The Balaban J connectivity index is 2.27. The van der Waals surface area contributed by atoms with Gasteiger partial charge in [-0.2, -0.15) is 0 Å². The largest absolute Gasteiger partial charge is 0.376 e. The summed E-state index contributed by atoms with van der Waals surface area (Å²) in [7, 11) is -3.46. The third-order valence-electron chi connectivity index (χ3n) is 3.65. The Hall–Kier alpha value is -1.19. The average Bonchev–Trinajstić information content (AvgIpc) is 2.85. The number of nitro groups is 1. The molecule has 1 aliphatic rings. The van der Waals surface area contributed by atoms with Gasteiger partial charge in [-0.3, -0.25) is 10.1 Å². The van der Waals surface area contributed by atoms with Gasteiger partial charge in [0, 0.05) is 18.9 Å². The van der Waals surface area contributed by atoms with E-state index in [1.54, 1.807) is 0 Å². The average molecular weight is 348 g/mol. The highest BCUT2D eigenvalue weighted by Crippen LogP contribution is 2.38. The highest BCUT2D eigenvalue weighted by Gasteiger charge is 2.30. The van der Waals surface area contributed by atoms with Gasteiger partial charge in [0.2, 0.25) is 0 Å². The highest BCUT2D eigenvalue weighted by atomic mass is 32.2. The summed E-state index contributed by atoms with van der Waals surface area (Å²) >= 11 is 0.912. The van der Waals surface area contributed by atoms with E-state index in [2.05, 4.69) is 5.32 Å². The van der Waals surface area contributed by atoms with Crippen LogP contribution in [0, 0.1) is 10.1 Å². The first-order valence-corrected chi connectivity index (χ1v) is 9.90. The fourth-order valence-electron chi connectivity index (χ4n) is 2.63. The molecule has 0 spiro atoms. The number of sulfone groups is 1. The third-order valence-corrected chi connectivity index (χ3v) is 6.51. The SMILES string of the molecule is CCO[C@@H]1CCCC[C@H]1Nc1sc(S(C)(=O)=O)cc1[N+](=O)[O-]. The van der Waals surface area contributed by atoms with E-state index in [9.17, 15) is 18.5 Å². The number of ether oxygens (including phenoxy) is 1. The summed E-state index contributed by atoms with van der Waals surface area (Å²) < 4.78 is 28.9. The smallest absolute Gasteiger partial charge is 0.304 e. The minimum Gasteiger partial charge on any atom is -0.376 e. The van der Waals surface area contributed by atoms with Crippen LogP contribution in [0.3, 0.4) is 0 Å². The lowest BCUT2D eigenvalue weighted by Gasteiger charge is -2.31. The van der Waals surface area contributed by atoms with Crippen LogP contribution in [0.1, 0.15) is 32.6 Å². The number of anilines is 1. The molecule has 7 nitrogen and oxygen atoms in total. The first-order chi connectivity index (χ1) is 10.3. The molecule has 1 heterocycles. The quantitative estimate of drug-likeness (QED) is 0.627. The van der Waals surface area contributed by atoms with Crippen LogP contribution in [-0.2, 0) is 14.6 Å². The van der Waals surface area contributed by atoms with Gasteiger partial charge in [0.15, 0.2) is 14.8 Å². The molecule has 2 atom stereocenters. The van der Waals surface area contributed by atoms with Crippen molar-refractivity contribution < 1.29 is 18.1 Å². The van der Waals surface area contributed by atoms with Crippen molar-refractivity contribution in [1.29, 1.82) is 0 Å². The standard InChI is InChI=1S/C13H20N2O5S2/c1-3-20-11-7-5-4-6-9(11)14-13-10(15(16)17)8-12(21-13)22(2,18)19/h8-9,11,14H,3-7H2,1-2H3/t9-,11-/m1/s1. The zero-order chi connectivity index (χ0) is 16.3. The predicted molar refractivity (Wildman–Crippen MR) is 85.4 cm³/mol. The Morgan fingerprint density at radius 3 is 2.73 bits per heavy atom. The molecule has 1 fully saturated rings. The maximum absolute atomic E-state index is 11.6. The van der Waals surface area contributed by atoms with Crippen LogP contribution in [-0.4, -0.2) is 38.3 Å². The minimum absolute atomic E-state index is 0.00198. The highest BCUT2D eigenvalue weighted by molar-refractivity contribution is 7.92. The number of hydrogen-bond acceptors (Lipinski definition) is 7. The summed E-state index contributed by atoms with van der Waals surface area (Å²) in [5, 5.41) is 14.6. The van der Waals surface area contributed by atoms with Crippen LogP contribution in [0.2, 0.25) is 0 Å². The van der Waals surface area contributed by atoms with E-state index >= 15 is 0 Å². The van der Waals surface area contributed by atoms with Crippen LogP contribution in [0.4, 0.5) is 10.7 Å². The maximum atomic E-state index is 11.6. The summed E-state index contributed by atoms with van der Waals surface area (Å²) in [5.41, 5.74) is -0.189. The molecule has 0 unspecified atom stereocenters. The van der Waals surface area contributed by atoms with E-state index in [0.29, 0.717) is 11.6 Å². The van der Waals surface area contributed by atoms with Gasteiger partial charge in [-0.25, -0.2) is 8.42 Å². The minimum atomic E-state index is -3.46. The molecule has 124 valence electrons. The molecule has 0 saturated heterocycles. The van der Waals surface area contributed by atoms with Crippen molar-refractivity contribution in [2.75, 3.05) is 18.2 Å². The number of thiophene rings is 1. The lowest BCUT2D eigenvalue weighted by atomic mass is 9.92. The van der Waals surface area contributed by atoms with E-state index in [4.69, 9.17) is 4.74 Å². The van der Waals surface area contributed by atoms with Crippen LogP contribution in [0.25, 0.3) is 0 Å². The van der Waals surface area contributed by atoms with Crippen LogP contribution < -0.4 is 5.32 Å². The molecule has 1 N–H and O–H groups in total. The number of rotatable bonds is 6. The molecule has 0 aromatic carbocycles. The topological polar surface area (TPSA) is 98.5 Å². The van der Waals surface area contributed by atoms with Gasteiger partial charge in [-0.05, 0) is 19.8 Å². The Labute approximate surface area is 133 Å². The molecular formula is C13H20N2O5S2. The zero-order valence-corrected chi connectivity index (χ0v) is 14.2. The van der Waals surface area contributed by atoms with Gasteiger partial charge < -0.3 is 10.1 Å². The van der Waals surface area contributed by atoms with Crippen molar-refractivity contribution in [2.45, 2.75) is 49.0 Å². The number of nitrogens with zero attached hydrogens (tertiary/aromatic N) is 1. The third kappa shape index (κ3) is 3.96. The predicted octanol–water partition coefficient (Wildman–Crippen LogP) is 2.82. The van der Waals surface area contributed by atoms with E-state index in [1.807, 2.05) is 6.92 Å². The second-order valence-corrected chi connectivity index (χ2v) is 8.63. The van der Waals surface area contributed by atoms with E-state index in [1.165, 1.54) is 0 Å². The molecule has 1 aromatic heterocycles. The summed E-state index contributed by atoms with van der Waals surface area (Å²) in [6, 6.07) is 1.10. The van der Waals surface area contributed by atoms with Crippen molar-refractivity contribution in [1.82, 2.24) is 0 Å². The van der Waals surface area contributed by atoms with Crippen molar-refractivity contribution >= 4 is 31.9 Å². The molecule has 0 radical (unpaired) electrons.